The van der Waals surface area contributed by atoms with E-state index < -0.39 is 0 Å². The maximum absolute atomic E-state index is 5.68. The molecule has 27 heavy (non-hydrogen) atoms. The normalized spacial score (nSPS) is 17.6. The molecule has 6 heteroatoms. The van der Waals surface area contributed by atoms with Crippen molar-refractivity contribution in [2.24, 2.45) is 4.99 Å². The highest BCUT2D eigenvalue weighted by Crippen LogP contribution is 2.21. The van der Waals surface area contributed by atoms with Crippen molar-refractivity contribution in [3.63, 3.8) is 0 Å². The van der Waals surface area contributed by atoms with E-state index in [1.165, 1.54) is 22.0 Å². The van der Waals surface area contributed by atoms with Crippen LogP contribution in [0.5, 0.6) is 0 Å². The Hall–Kier alpha value is -2.05. The Kier molecular flexibility index (Phi) is 7.54. The molecule has 0 aliphatic carbocycles. The third-order valence-corrected chi connectivity index (χ3v) is 5.01. The molecule has 1 aliphatic rings. The number of rotatable bonds is 9. The Labute approximate surface area is 161 Å². The van der Waals surface area contributed by atoms with Crippen molar-refractivity contribution in [3.05, 3.63) is 35.5 Å². The number of H-pyrrole nitrogens is 1. The summed E-state index contributed by atoms with van der Waals surface area (Å²) in [5.74, 6) is 0.838. The lowest BCUT2D eigenvalue weighted by Gasteiger charge is -2.13. The number of hydrogen-bond acceptors (Lipinski definition) is 3. The number of fused-ring (bicyclic) bond motifs is 1. The number of aromatic nitrogens is 1. The second-order valence-corrected chi connectivity index (χ2v) is 7.05. The van der Waals surface area contributed by atoms with Crippen LogP contribution in [0.25, 0.3) is 10.9 Å². The number of guanidine groups is 1. The van der Waals surface area contributed by atoms with Crippen molar-refractivity contribution < 1.29 is 9.47 Å². The van der Waals surface area contributed by atoms with Crippen molar-refractivity contribution in [2.45, 2.75) is 38.7 Å². The second kappa shape index (κ2) is 10.3. The average molecular weight is 373 g/mol. The van der Waals surface area contributed by atoms with Gasteiger partial charge in [-0.1, -0.05) is 18.2 Å². The van der Waals surface area contributed by atoms with E-state index in [1.54, 1.807) is 7.05 Å². The van der Waals surface area contributed by atoms with Crippen molar-refractivity contribution >= 4 is 16.9 Å². The summed E-state index contributed by atoms with van der Waals surface area (Å²) in [6.45, 7) is 6.18. The topological polar surface area (TPSA) is 70.7 Å². The quantitative estimate of drug-likeness (QED) is 0.360. The molecule has 2 aromatic rings. The van der Waals surface area contributed by atoms with Gasteiger partial charge >= 0.3 is 0 Å². The largest absolute Gasteiger partial charge is 0.379 e. The highest BCUT2D eigenvalue weighted by molar-refractivity contribution is 5.86. The first-order chi connectivity index (χ1) is 13.3. The Morgan fingerprint density at radius 3 is 3.04 bits per heavy atom. The number of nitrogens with zero attached hydrogens (tertiary/aromatic N) is 1. The fraction of sp³-hybridized carbons (Fsp3) is 0.571. The summed E-state index contributed by atoms with van der Waals surface area (Å²) in [6.07, 6.45) is 6.62. The van der Waals surface area contributed by atoms with E-state index in [4.69, 9.17) is 9.47 Å². The van der Waals surface area contributed by atoms with Crippen molar-refractivity contribution in [3.8, 4) is 0 Å². The Morgan fingerprint density at radius 2 is 2.22 bits per heavy atom. The van der Waals surface area contributed by atoms with Crippen LogP contribution < -0.4 is 10.6 Å². The van der Waals surface area contributed by atoms with Crippen LogP contribution in [0.2, 0.25) is 0 Å². The van der Waals surface area contributed by atoms with Crippen LogP contribution in [0.15, 0.2) is 29.4 Å². The van der Waals surface area contributed by atoms with Gasteiger partial charge in [0.1, 0.15) is 0 Å². The summed E-state index contributed by atoms with van der Waals surface area (Å²) in [6, 6.07) is 6.43. The fourth-order valence-corrected chi connectivity index (χ4v) is 3.48. The monoisotopic (exact) mass is 372 g/mol. The molecule has 1 fully saturated rings. The number of aryl methyl sites for hydroxylation is 1. The van der Waals surface area contributed by atoms with Crippen LogP contribution >= 0.6 is 0 Å². The van der Waals surface area contributed by atoms with Gasteiger partial charge in [-0.3, -0.25) is 4.99 Å². The molecule has 0 saturated carbocycles. The number of benzene rings is 1. The SMILES string of the molecule is CN=C(NCCCOCC1CCCO1)NCCc1c[nH]c2c(C)cccc12. The molecule has 0 radical (unpaired) electrons. The Balaban J connectivity index is 1.31. The van der Waals surface area contributed by atoms with Crippen LogP contribution in [0, 0.1) is 6.92 Å². The standard InChI is InChI=1S/C21H32N4O2/c1-16-6-3-8-19-17(14-25-20(16)19)9-11-24-21(22-2)23-10-5-12-26-15-18-7-4-13-27-18/h3,6,8,14,18,25H,4-5,7,9-13,15H2,1-2H3,(H2,22,23,24). The molecule has 1 aromatic carbocycles. The molecule has 1 atom stereocenters. The highest BCUT2D eigenvalue weighted by Gasteiger charge is 2.14. The summed E-state index contributed by atoms with van der Waals surface area (Å²) in [4.78, 5) is 7.68. The summed E-state index contributed by atoms with van der Waals surface area (Å²) in [5, 5.41) is 8.04. The number of para-hydroxylation sites is 1. The first-order valence-corrected chi connectivity index (χ1v) is 9.97. The predicted molar refractivity (Wildman–Crippen MR) is 111 cm³/mol. The third-order valence-electron chi connectivity index (χ3n) is 5.01. The van der Waals surface area contributed by atoms with Crippen LogP contribution in [0.3, 0.4) is 0 Å². The number of ether oxygens (including phenoxy) is 2. The number of nitrogens with one attached hydrogen (secondary N) is 3. The van der Waals surface area contributed by atoms with E-state index in [0.29, 0.717) is 6.10 Å². The summed E-state index contributed by atoms with van der Waals surface area (Å²) < 4.78 is 11.2. The zero-order chi connectivity index (χ0) is 18.9. The maximum Gasteiger partial charge on any atom is 0.190 e. The number of aromatic amines is 1. The molecule has 1 aliphatic heterocycles. The smallest absolute Gasteiger partial charge is 0.190 e. The lowest BCUT2D eigenvalue weighted by atomic mass is 10.1. The van der Waals surface area contributed by atoms with E-state index in [1.807, 2.05) is 0 Å². The fourth-order valence-electron chi connectivity index (χ4n) is 3.48. The van der Waals surface area contributed by atoms with Crippen molar-refractivity contribution in [1.82, 2.24) is 15.6 Å². The molecule has 2 heterocycles. The van der Waals surface area contributed by atoms with Gasteiger partial charge < -0.3 is 25.1 Å². The molecule has 1 saturated heterocycles. The lowest BCUT2D eigenvalue weighted by Crippen LogP contribution is -2.39. The van der Waals surface area contributed by atoms with Crippen LogP contribution in [-0.4, -0.2) is 57.0 Å². The van der Waals surface area contributed by atoms with Gasteiger partial charge in [-0.25, -0.2) is 0 Å². The van der Waals surface area contributed by atoms with Gasteiger partial charge in [0.05, 0.1) is 12.7 Å². The van der Waals surface area contributed by atoms with Gasteiger partial charge in [-0.15, -0.1) is 0 Å². The maximum atomic E-state index is 5.68. The molecular weight excluding hydrogens is 340 g/mol. The van der Waals surface area contributed by atoms with E-state index in [9.17, 15) is 0 Å². The molecule has 3 rings (SSSR count). The van der Waals surface area contributed by atoms with Gasteiger partial charge in [-0.2, -0.15) is 0 Å². The first kappa shape index (κ1) is 19.7. The number of hydrogen-bond donors (Lipinski definition) is 3. The molecular formula is C21H32N4O2. The first-order valence-electron chi connectivity index (χ1n) is 9.97. The van der Waals surface area contributed by atoms with E-state index in [2.05, 4.69) is 51.9 Å². The minimum atomic E-state index is 0.306. The minimum absolute atomic E-state index is 0.306. The summed E-state index contributed by atoms with van der Waals surface area (Å²) >= 11 is 0. The molecule has 1 unspecified atom stereocenters. The summed E-state index contributed by atoms with van der Waals surface area (Å²) in [5.41, 5.74) is 3.85. The third kappa shape index (κ3) is 5.71. The summed E-state index contributed by atoms with van der Waals surface area (Å²) in [7, 11) is 1.80. The average Bonchev–Trinajstić information content (AvgIpc) is 3.34. The van der Waals surface area contributed by atoms with Crippen LogP contribution in [-0.2, 0) is 15.9 Å². The van der Waals surface area contributed by atoms with E-state index >= 15 is 0 Å². The molecule has 3 N–H and O–H groups in total. The molecule has 1 aromatic heterocycles. The van der Waals surface area contributed by atoms with Crippen molar-refractivity contribution in [1.29, 1.82) is 0 Å². The van der Waals surface area contributed by atoms with Crippen molar-refractivity contribution in [2.75, 3.05) is 40.0 Å². The Bertz CT molecular complexity index is 735. The number of aliphatic imine (C=N–C) groups is 1. The molecule has 0 amide bonds. The zero-order valence-corrected chi connectivity index (χ0v) is 16.5. The lowest BCUT2D eigenvalue weighted by molar-refractivity contribution is 0.0168. The Morgan fingerprint density at radius 1 is 1.33 bits per heavy atom. The van der Waals surface area contributed by atoms with Crippen LogP contribution in [0.4, 0.5) is 0 Å². The predicted octanol–water partition coefficient (Wildman–Crippen LogP) is 2.77. The van der Waals surface area contributed by atoms with Gasteiger partial charge in [-0.05, 0) is 43.7 Å². The highest BCUT2D eigenvalue weighted by atomic mass is 16.5. The molecule has 6 nitrogen and oxygen atoms in total. The van der Waals surface area contributed by atoms with E-state index in [-0.39, 0.29) is 0 Å². The second-order valence-electron chi connectivity index (χ2n) is 7.05. The van der Waals surface area contributed by atoms with E-state index in [0.717, 1.165) is 64.6 Å². The van der Waals surface area contributed by atoms with Gasteiger partial charge in [0.15, 0.2) is 5.96 Å². The van der Waals surface area contributed by atoms with Gasteiger partial charge in [0.25, 0.3) is 0 Å². The van der Waals surface area contributed by atoms with Crippen LogP contribution in [0.1, 0.15) is 30.4 Å². The molecule has 0 spiro atoms. The van der Waals surface area contributed by atoms with Gasteiger partial charge in [0, 0.05) is 50.5 Å². The van der Waals surface area contributed by atoms with Gasteiger partial charge in [0.2, 0.25) is 0 Å². The molecule has 0 bridgehead atoms. The molecule has 148 valence electrons. The minimum Gasteiger partial charge on any atom is -0.379 e. The zero-order valence-electron chi connectivity index (χ0n) is 16.5.